The standard InChI is InChI=1S/C51H31N3O/c1-2-11-32(12-3-1)37-23-24-39-31-44(47-43-19-8-9-20-46(43)55-48(47)45(39)30-37)38-17-10-18-40(29-38)49-52-50(41-25-21-33-13-4-6-15-35(33)27-41)54-51(53-49)42-26-22-34-14-5-7-16-36(34)28-42/h1-31H. The molecule has 2 aromatic heterocycles. The van der Waals surface area contributed by atoms with Crippen molar-refractivity contribution < 1.29 is 4.42 Å². The number of furan rings is 1. The molecule has 4 heteroatoms. The lowest BCUT2D eigenvalue weighted by Crippen LogP contribution is -2.00. The Labute approximate surface area is 317 Å². The van der Waals surface area contributed by atoms with Crippen molar-refractivity contribution in [2.24, 2.45) is 0 Å². The summed E-state index contributed by atoms with van der Waals surface area (Å²) < 4.78 is 6.69. The number of aromatic nitrogens is 3. The lowest BCUT2D eigenvalue weighted by atomic mass is 9.93. The minimum atomic E-state index is 0.616. The molecule has 0 N–H and O–H groups in total. The Bertz CT molecular complexity index is 3180. The van der Waals surface area contributed by atoms with Crippen molar-refractivity contribution >= 4 is 54.3 Å². The molecule has 0 fully saturated rings. The second-order valence-corrected chi connectivity index (χ2v) is 14.0. The first kappa shape index (κ1) is 31.1. The van der Waals surface area contributed by atoms with Crippen LogP contribution in [-0.2, 0) is 0 Å². The molecular weight excluding hydrogens is 671 g/mol. The topological polar surface area (TPSA) is 51.8 Å². The van der Waals surface area contributed by atoms with E-state index < -0.39 is 0 Å². The van der Waals surface area contributed by atoms with E-state index in [1.165, 1.54) is 16.3 Å². The lowest BCUT2D eigenvalue weighted by molar-refractivity contribution is 0.673. The molecule has 0 bridgehead atoms. The average Bonchev–Trinajstić information content (AvgIpc) is 3.66. The zero-order valence-electron chi connectivity index (χ0n) is 29.6. The third kappa shape index (κ3) is 5.43. The van der Waals surface area contributed by atoms with Crippen molar-refractivity contribution in [2.75, 3.05) is 0 Å². The molecule has 0 spiro atoms. The van der Waals surface area contributed by atoms with Gasteiger partial charge in [0.2, 0.25) is 0 Å². The van der Waals surface area contributed by atoms with Crippen molar-refractivity contribution in [3.8, 4) is 56.4 Å². The first-order valence-electron chi connectivity index (χ1n) is 18.5. The molecule has 0 aliphatic heterocycles. The summed E-state index contributed by atoms with van der Waals surface area (Å²) >= 11 is 0. The highest BCUT2D eigenvalue weighted by Gasteiger charge is 2.19. The number of rotatable bonds is 5. The number of benzene rings is 9. The molecule has 256 valence electrons. The van der Waals surface area contributed by atoms with E-state index in [-0.39, 0.29) is 0 Å². The van der Waals surface area contributed by atoms with E-state index in [9.17, 15) is 0 Å². The lowest BCUT2D eigenvalue weighted by Gasteiger charge is -2.12. The van der Waals surface area contributed by atoms with Crippen LogP contribution in [0.25, 0.3) is 111 Å². The smallest absolute Gasteiger partial charge is 0.164 e. The molecule has 55 heavy (non-hydrogen) atoms. The quantitative estimate of drug-likeness (QED) is 0.179. The Morgan fingerprint density at radius 3 is 1.53 bits per heavy atom. The molecule has 2 heterocycles. The van der Waals surface area contributed by atoms with Crippen molar-refractivity contribution in [1.29, 1.82) is 0 Å². The van der Waals surface area contributed by atoms with E-state index in [0.717, 1.165) is 76.9 Å². The molecule has 11 rings (SSSR count). The molecule has 0 radical (unpaired) electrons. The predicted molar refractivity (Wildman–Crippen MR) is 227 cm³/mol. The van der Waals surface area contributed by atoms with Gasteiger partial charge >= 0.3 is 0 Å². The van der Waals surface area contributed by atoms with Crippen LogP contribution in [0, 0.1) is 0 Å². The van der Waals surface area contributed by atoms with E-state index in [1.54, 1.807) is 0 Å². The summed E-state index contributed by atoms with van der Waals surface area (Å²) in [6.07, 6.45) is 0. The summed E-state index contributed by atoms with van der Waals surface area (Å²) in [6.45, 7) is 0. The third-order valence-corrected chi connectivity index (χ3v) is 10.7. The van der Waals surface area contributed by atoms with Gasteiger partial charge in [-0.1, -0.05) is 152 Å². The first-order chi connectivity index (χ1) is 27.2. The van der Waals surface area contributed by atoms with Gasteiger partial charge in [0.15, 0.2) is 17.5 Å². The molecule has 0 amide bonds. The SMILES string of the molecule is c1ccc(-c2ccc3cc(-c4cccc(-c5nc(-c6ccc7ccccc7c6)nc(-c6ccc7ccccc7c6)n5)c4)c4c5ccccc5oc4c3c2)cc1. The first-order valence-corrected chi connectivity index (χ1v) is 18.5. The Morgan fingerprint density at radius 2 is 0.836 bits per heavy atom. The van der Waals surface area contributed by atoms with Gasteiger partial charge in [-0.05, 0) is 85.6 Å². The second-order valence-electron chi connectivity index (χ2n) is 14.0. The molecule has 0 atom stereocenters. The highest BCUT2D eigenvalue weighted by molar-refractivity contribution is 6.21. The van der Waals surface area contributed by atoms with Gasteiger partial charge in [-0.15, -0.1) is 0 Å². The maximum atomic E-state index is 6.69. The van der Waals surface area contributed by atoms with E-state index in [1.807, 2.05) is 12.1 Å². The van der Waals surface area contributed by atoms with E-state index in [4.69, 9.17) is 19.4 Å². The van der Waals surface area contributed by atoms with Crippen molar-refractivity contribution in [1.82, 2.24) is 15.0 Å². The zero-order chi connectivity index (χ0) is 36.3. The molecule has 0 aliphatic carbocycles. The Balaban J connectivity index is 1.11. The van der Waals surface area contributed by atoms with Crippen molar-refractivity contribution in [3.63, 3.8) is 0 Å². The molecular formula is C51H31N3O. The average molecular weight is 702 g/mol. The maximum Gasteiger partial charge on any atom is 0.164 e. The van der Waals surface area contributed by atoms with Gasteiger partial charge in [0.25, 0.3) is 0 Å². The van der Waals surface area contributed by atoms with Crippen LogP contribution in [0.4, 0.5) is 0 Å². The zero-order valence-corrected chi connectivity index (χ0v) is 29.6. The highest BCUT2D eigenvalue weighted by atomic mass is 16.3. The van der Waals surface area contributed by atoms with Gasteiger partial charge in [0, 0.05) is 32.8 Å². The molecule has 0 saturated heterocycles. The largest absolute Gasteiger partial charge is 0.455 e. The van der Waals surface area contributed by atoms with Crippen LogP contribution in [0.3, 0.4) is 0 Å². The number of para-hydroxylation sites is 1. The third-order valence-electron chi connectivity index (χ3n) is 10.7. The number of hydrogen-bond acceptors (Lipinski definition) is 4. The van der Waals surface area contributed by atoms with Gasteiger partial charge in [0.1, 0.15) is 11.2 Å². The van der Waals surface area contributed by atoms with E-state index >= 15 is 0 Å². The number of fused-ring (bicyclic) bond motifs is 7. The van der Waals surface area contributed by atoms with Crippen LogP contribution in [0.5, 0.6) is 0 Å². The Hall–Kier alpha value is -7.43. The summed E-state index contributed by atoms with van der Waals surface area (Å²) in [6, 6.07) is 65.8. The van der Waals surface area contributed by atoms with Crippen molar-refractivity contribution in [3.05, 3.63) is 188 Å². The van der Waals surface area contributed by atoms with Crippen LogP contribution in [0.15, 0.2) is 192 Å². The fraction of sp³-hybridized carbons (Fsp3) is 0. The molecule has 11 aromatic rings. The number of nitrogens with zero attached hydrogens (tertiary/aromatic N) is 3. The number of hydrogen-bond donors (Lipinski definition) is 0. The maximum absolute atomic E-state index is 6.69. The normalized spacial score (nSPS) is 11.6. The van der Waals surface area contributed by atoms with Crippen LogP contribution in [0.1, 0.15) is 0 Å². The van der Waals surface area contributed by atoms with Gasteiger partial charge in [-0.25, -0.2) is 15.0 Å². The molecule has 4 nitrogen and oxygen atoms in total. The van der Waals surface area contributed by atoms with Gasteiger partial charge < -0.3 is 4.42 Å². The summed E-state index contributed by atoms with van der Waals surface area (Å²) in [7, 11) is 0. The minimum Gasteiger partial charge on any atom is -0.455 e. The second kappa shape index (κ2) is 12.6. The van der Waals surface area contributed by atoms with E-state index in [2.05, 4.69) is 176 Å². The van der Waals surface area contributed by atoms with Crippen LogP contribution >= 0.6 is 0 Å². The van der Waals surface area contributed by atoms with Gasteiger partial charge in [0.05, 0.1) is 0 Å². The summed E-state index contributed by atoms with van der Waals surface area (Å²) in [5.41, 5.74) is 9.03. The fourth-order valence-corrected chi connectivity index (χ4v) is 7.89. The van der Waals surface area contributed by atoms with Crippen LogP contribution < -0.4 is 0 Å². The molecule has 0 unspecified atom stereocenters. The van der Waals surface area contributed by atoms with Gasteiger partial charge in [-0.3, -0.25) is 0 Å². The molecule has 0 saturated carbocycles. The predicted octanol–water partition coefficient (Wildman–Crippen LogP) is 13.6. The van der Waals surface area contributed by atoms with Gasteiger partial charge in [-0.2, -0.15) is 0 Å². The fourth-order valence-electron chi connectivity index (χ4n) is 7.89. The van der Waals surface area contributed by atoms with Crippen molar-refractivity contribution in [2.45, 2.75) is 0 Å². The van der Waals surface area contributed by atoms with Crippen LogP contribution in [-0.4, -0.2) is 15.0 Å². The van der Waals surface area contributed by atoms with Crippen LogP contribution in [0.2, 0.25) is 0 Å². The highest BCUT2D eigenvalue weighted by Crippen LogP contribution is 2.43. The minimum absolute atomic E-state index is 0.616. The summed E-state index contributed by atoms with van der Waals surface area (Å²) in [5, 5.41) is 9.01. The summed E-state index contributed by atoms with van der Waals surface area (Å²) in [4.78, 5) is 15.4. The Morgan fingerprint density at radius 1 is 0.309 bits per heavy atom. The monoisotopic (exact) mass is 701 g/mol. The van der Waals surface area contributed by atoms with E-state index in [0.29, 0.717) is 17.5 Å². The molecule has 0 aliphatic rings. The molecule has 9 aromatic carbocycles. The summed E-state index contributed by atoms with van der Waals surface area (Å²) in [5.74, 6) is 1.88. The Kier molecular flexibility index (Phi) is 7.14.